The third kappa shape index (κ3) is 2.20. The van der Waals surface area contributed by atoms with Crippen LogP contribution < -0.4 is 0 Å². The van der Waals surface area contributed by atoms with E-state index in [0.717, 1.165) is 31.9 Å². The van der Waals surface area contributed by atoms with Gasteiger partial charge >= 0.3 is 0 Å². The number of aromatic nitrogens is 3. The minimum Gasteiger partial charge on any atom is -0.381 e. The maximum Gasteiger partial charge on any atom is 0.136 e. The Balaban J connectivity index is 2.24. The molecule has 0 unspecified atom stereocenters. The fraction of sp³-hybridized carbons (Fsp3) is 0.818. The Morgan fingerprint density at radius 3 is 2.60 bits per heavy atom. The third-order valence-electron chi connectivity index (χ3n) is 2.88. The van der Waals surface area contributed by atoms with Crippen molar-refractivity contribution in [3.63, 3.8) is 0 Å². The zero-order valence-electron chi connectivity index (χ0n) is 9.73. The van der Waals surface area contributed by atoms with Gasteiger partial charge in [-0.15, -0.1) is 10.2 Å². The van der Waals surface area contributed by atoms with Gasteiger partial charge in [0.2, 0.25) is 0 Å². The van der Waals surface area contributed by atoms with Crippen molar-refractivity contribution in [3.8, 4) is 0 Å². The van der Waals surface area contributed by atoms with Gasteiger partial charge in [-0.2, -0.15) is 0 Å². The molecule has 0 amide bonds. The fourth-order valence-corrected chi connectivity index (χ4v) is 1.99. The van der Waals surface area contributed by atoms with Crippen LogP contribution in [0.25, 0.3) is 0 Å². The zero-order valence-corrected chi connectivity index (χ0v) is 9.73. The summed E-state index contributed by atoms with van der Waals surface area (Å²) in [6, 6.07) is 0. The molecule has 1 saturated heterocycles. The monoisotopic (exact) mass is 209 g/mol. The highest BCUT2D eigenvalue weighted by atomic mass is 16.5. The van der Waals surface area contributed by atoms with E-state index in [1.54, 1.807) is 0 Å². The van der Waals surface area contributed by atoms with Gasteiger partial charge in [0.25, 0.3) is 0 Å². The first kappa shape index (κ1) is 10.6. The molecule has 0 saturated carbocycles. The average Bonchev–Trinajstić information content (AvgIpc) is 2.67. The second-order valence-corrected chi connectivity index (χ2v) is 5.12. The van der Waals surface area contributed by atoms with E-state index in [9.17, 15) is 0 Å². The SMILES string of the molecule is CC(C)(C)n1cnnc1C1CCOCC1. The maximum absolute atomic E-state index is 5.37. The lowest BCUT2D eigenvalue weighted by Gasteiger charge is -2.27. The largest absolute Gasteiger partial charge is 0.381 e. The van der Waals surface area contributed by atoms with Crippen LogP contribution in [0.4, 0.5) is 0 Å². The first-order valence-corrected chi connectivity index (χ1v) is 5.57. The highest BCUT2D eigenvalue weighted by molar-refractivity contribution is 5.01. The molecule has 0 atom stereocenters. The number of ether oxygens (including phenoxy) is 1. The summed E-state index contributed by atoms with van der Waals surface area (Å²) in [5.41, 5.74) is 0.0666. The van der Waals surface area contributed by atoms with Crippen molar-refractivity contribution in [2.24, 2.45) is 0 Å². The van der Waals surface area contributed by atoms with Crippen LogP contribution in [0.3, 0.4) is 0 Å². The molecule has 1 aromatic heterocycles. The summed E-state index contributed by atoms with van der Waals surface area (Å²) in [6.45, 7) is 8.24. The molecular weight excluding hydrogens is 190 g/mol. The zero-order chi connectivity index (χ0) is 10.9. The van der Waals surface area contributed by atoms with Crippen molar-refractivity contribution in [3.05, 3.63) is 12.2 Å². The molecule has 4 heteroatoms. The van der Waals surface area contributed by atoms with Crippen molar-refractivity contribution in [2.45, 2.75) is 45.1 Å². The van der Waals surface area contributed by atoms with E-state index >= 15 is 0 Å². The van der Waals surface area contributed by atoms with Crippen LogP contribution in [0, 0.1) is 0 Å². The van der Waals surface area contributed by atoms with Crippen LogP contribution in [-0.4, -0.2) is 28.0 Å². The molecule has 4 nitrogen and oxygen atoms in total. The van der Waals surface area contributed by atoms with Gasteiger partial charge in [-0.05, 0) is 33.6 Å². The fourth-order valence-electron chi connectivity index (χ4n) is 1.99. The van der Waals surface area contributed by atoms with E-state index in [0.29, 0.717) is 5.92 Å². The van der Waals surface area contributed by atoms with Crippen molar-refractivity contribution in [2.75, 3.05) is 13.2 Å². The van der Waals surface area contributed by atoms with Gasteiger partial charge in [0.15, 0.2) is 0 Å². The summed E-state index contributed by atoms with van der Waals surface area (Å²) in [5.74, 6) is 1.63. The Morgan fingerprint density at radius 1 is 1.33 bits per heavy atom. The topological polar surface area (TPSA) is 39.9 Å². The molecule has 0 radical (unpaired) electrons. The molecule has 2 rings (SSSR count). The van der Waals surface area contributed by atoms with Gasteiger partial charge in [-0.3, -0.25) is 0 Å². The minimum absolute atomic E-state index is 0.0666. The molecule has 0 N–H and O–H groups in total. The molecule has 84 valence electrons. The molecule has 1 aromatic rings. The predicted octanol–water partition coefficient (Wildman–Crippen LogP) is 1.93. The smallest absolute Gasteiger partial charge is 0.136 e. The molecule has 1 aliphatic rings. The van der Waals surface area contributed by atoms with Crippen molar-refractivity contribution in [1.82, 2.24) is 14.8 Å². The molecule has 1 fully saturated rings. The van der Waals surface area contributed by atoms with Crippen molar-refractivity contribution < 1.29 is 4.74 Å². The lowest BCUT2D eigenvalue weighted by atomic mass is 9.98. The summed E-state index contributed by atoms with van der Waals surface area (Å²) in [7, 11) is 0. The Bertz CT molecular complexity index is 321. The van der Waals surface area contributed by atoms with Crippen LogP contribution in [0.1, 0.15) is 45.4 Å². The first-order chi connectivity index (χ1) is 7.09. The van der Waals surface area contributed by atoms with Crippen LogP contribution in [0.15, 0.2) is 6.33 Å². The van der Waals surface area contributed by atoms with E-state index in [-0.39, 0.29) is 5.54 Å². The lowest BCUT2D eigenvalue weighted by Crippen LogP contribution is -2.26. The van der Waals surface area contributed by atoms with Gasteiger partial charge < -0.3 is 9.30 Å². The molecular formula is C11H19N3O. The average molecular weight is 209 g/mol. The van der Waals surface area contributed by atoms with Crippen LogP contribution in [0.2, 0.25) is 0 Å². The number of nitrogens with zero attached hydrogens (tertiary/aromatic N) is 3. The van der Waals surface area contributed by atoms with E-state index in [2.05, 4.69) is 35.5 Å². The Kier molecular flexibility index (Phi) is 2.78. The number of rotatable bonds is 1. The molecule has 1 aliphatic heterocycles. The highest BCUT2D eigenvalue weighted by Crippen LogP contribution is 2.28. The van der Waals surface area contributed by atoms with E-state index in [1.165, 1.54) is 0 Å². The highest BCUT2D eigenvalue weighted by Gasteiger charge is 2.25. The quantitative estimate of drug-likeness (QED) is 0.709. The minimum atomic E-state index is 0.0666. The van der Waals surface area contributed by atoms with Crippen molar-refractivity contribution in [1.29, 1.82) is 0 Å². The second-order valence-electron chi connectivity index (χ2n) is 5.12. The van der Waals surface area contributed by atoms with Gasteiger partial charge in [0.05, 0.1) is 0 Å². The van der Waals surface area contributed by atoms with Gasteiger partial charge in [0, 0.05) is 24.7 Å². The molecule has 0 bridgehead atoms. The van der Waals surface area contributed by atoms with Crippen LogP contribution >= 0.6 is 0 Å². The first-order valence-electron chi connectivity index (χ1n) is 5.57. The molecule has 2 heterocycles. The number of hydrogen-bond donors (Lipinski definition) is 0. The van der Waals surface area contributed by atoms with E-state index in [1.807, 2.05) is 6.33 Å². The normalized spacial score (nSPS) is 19.4. The molecule has 15 heavy (non-hydrogen) atoms. The predicted molar refractivity (Wildman–Crippen MR) is 57.8 cm³/mol. The summed E-state index contributed by atoms with van der Waals surface area (Å²) in [4.78, 5) is 0. The maximum atomic E-state index is 5.37. The lowest BCUT2D eigenvalue weighted by molar-refractivity contribution is 0.0818. The number of hydrogen-bond acceptors (Lipinski definition) is 3. The molecule has 0 spiro atoms. The summed E-state index contributed by atoms with van der Waals surface area (Å²) in [6.07, 6.45) is 3.97. The van der Waals surface area contributed by atoms with Gasteiger partial charge in [0.1, 0.15) is 12.2 Å². The van der Waals surface area contributed by atoms with Gasteiger partial charge in [-0.25, -0.2) is 0 Å². The molecule has 0 aromatic carbocycles. The van der Waals surface area contributed by atoms with Gasteiger partial charge in [-0.1, -0.05) is 0 Å². The van der Waals surface area contributed by atoms with Crippen LogP contribution in [0.5, 0.6) is 0 Å². The van der Waals surface area contributed by atoms with Crippen molar-refractivity contribution >= 4 is 0 Å². The summed E-state index contributed by atoms with van der Waals surface area (Å²) >= 11 is 0. The summed E-state index contributed by atoms with van der Waals surface area (Å²) in [5, 5.41) is 8.30. The Labute approximate surface area is 90.7 Å². The standard InChI is InChI=1S/C11H19N3O/c1-11(2,3)14-8-12-13-10(14)9-4-6-15-7-5-9/h8-9H,4-7H2,1-3H3. The summed E-state index contributed by atoms with van der Waals surface area (Å²) < 4.78 is 7.55. The van der Waals surface area contributed by atoms with Crippen LogP contribution in [-0.2, 0) is 10.3 Å². The third-order valence-corrected chi connectivity index (χ3v) is 2.88. The van der Waals surface area contributed by atoms with E-state index in [4.69, 9.17) is 4.74 Å². The Morgan fingerprint density at radius 2 is 2.00 bits per heavy atom. The molecule has 0 aliphatic carbocycles. The van der Waals surface area contributed by atoms with E-state index < -0.39 is 0 Å². The Hall–Kier alpha value is -0.900. The second kappa shape index (κ2) is 3.93.